The Morgan fingerprint density at radius 3 is 2.56 bits per heavy atom. The molecule has 3 N–H and O–H groups in total. The molecule has 0 bridgehead atoms. The molecule has 0 saturated heterocycles. The summed E-state index contributed by atoms with van der Waals surface area (Å²) in [5.74, 6) is 0.731. The van der Waals surface area contributed by atoms with E-state index in [0.29, 0.717) is 13.2 Å². The van der Waals surface area contributed by atoms with Crippen LogP contribution in [0.3, 0.4) is 0 Å². The SMILES string of the molecule is Cc1cccc(C)c1OCCNC(=O)CN. The van der Waals surface area contributed by atoms with Gasteiger partial charge in [-0.05, 0) is 25.0 Å². The highest BCUT2D eigenvalue weighted by Gasteiger charge is 2.02. The second-order valence-electron chi connectivity index (χ2n) is 3.62. The molecule has 0 aliphatic carbocycles. The van der Waals surface area contributed by atoms with Gasteiger partial charge in [0.25, 0.3) is 0 Å². The van der Waals surface area contributed by atoms with Gasteiger partial charge in [-0.2, -0.15) is 0 Å². The first kappa shape index (κ1) is 12.5. The summed E-state index contributed by atoms with van der Waals surface area (Å²) >= 11 is 0. The van der Waals surface area contributed by atoms with Crippen LogP contribution in [0.1, 0.15) is 11.1 Å². The minimum Gasteiger partial charge on any atom is -0.491 e. The zero-order valence-corrected chi connectivity index (χ0v) is 9.75. The van der Waals surface area contributed by atoms with Gasteiger partial charge in [-0.15, -0.1) is 0 Å². The molecule has 0 aliphatic heterocycles. The summed E-state index contributed by atoms with van der Waals surface area (Å²) in [5.41, 5.74) is 7.36. The number of amides is 1. The highest BCUT2D eigenvalue weighted by molar-refractivity contribution is 5.77. The maximum absolute atomic E-state index is 10.9. The van der Waals surface area contributed by atoms with Crippen LogP contribution in [0.4, 0.5) is 0 Å². The summed E-state index contributed by atoms with van der Waals surface area (Å²) in [7, 11) is 0. The van der Waals surface area contributed by atoms with E-state index in [1.807, 2.05) is 32.0 Å². The van der Waals surface area contributed by atoms with Crippen LogP contribution >= 0.6 is 0 Å². The van der Waals surface area contributed by atoms with Crippen molar-refractivity contribution >= 4 is 5.91 Å². The van der Waals surface area contributed by atoms with Gasteiger partial charge in [0, 0.05) is 0 Å². The molecule has 0 spiro atoms. The third kappa shape index (κ3) is 3.55. The predicted octanol–water partition coefficient (Wildman–Crippen LogP) is 0.757. The van der Waals surface area contributed by atoms with Crippen LogP contribution in [0.25, 0.3) is 0 Å². The van der Waals surface area contributed by atoms with Gasteiger partial charge in [-0.3, -0.25) is 4.79 Å². The van der Waals surface area contributed by atoms with E-state index in [1.54, 1.807) is 0 Å². The van der Waals surface area contributed by atoms with E-state index in [9.17, 15) is 4.79 Å². The first-order valence-corrected chi connectivity index (χ1v) is 5.31. The maximum atomic E-state index is 10.9. The Balaban J connectivity index is 2.40. The molecule has 4 nitrogen and oxygen atoms in total. The first-order chi connectivity index (χ1) is 7.65. The smallest absolute Gasteiger partial charge is 0.233 e. The monoisotopic (exact) mass is 222 g/mol. The summed E-state index contributed by atoms with van der Waals surface area (Å²) in [6.45, 7) is 4.95. The van der Waals surface area contributed by atoms with E-state index in [-0.39, 0.29) is 12.5 Å². The average molecular weight is 222 g/mol. The molecule has 0 aliphatic rings. The van der Waals surface area contributed by atoms with Gasteiger partial charge in [-0.1, -0.05) is 18.2 Å². The molecule has 0 atom stereocenters. The number of hydrogen-bond acceptors (Lipinski definition) is 3. The lowest BCUT2D eigenvalue weighted by Crippen LogP contribution is -2.33. The summed E-state index contributed by atoms with van der Waals surface area (Å²) in [4.78, 5) is 10.9. The van der Waals surface area contributed by atoms with Gasteiger partial charge in [0.2, 0.25) is 5.91 Å². The Morgan fingerprint density at radius 2 is 2.00 bits per heavy atom. The van der Waals surface area contributed by atoms with Crippen LogP contribution in [0.15, 0.2) is 18.2 Å². The number of benzene rings is 1. The Hall–Kier alpha value is -1.55. The molecule has 1 aromatic carbocycles. The minimum atomic E-state index is -0.162. The van der Waals surface area contributed by atoms with Gasteiger partial charge in [0.05, 0.1) is 13.1 Å². The number of carbonyl (C=O) groups is 1. The number of carbonyl (C=O) groups excluding carboxylic acids is 1. The third-order valence-electron chi connectivity index (χ3n) is 2.26. The van der Waals surface area contributed by atoms with Gasteiger partial charge < -0.3 is 15.8 Å². The van der Waals surface area contributed by atoms with Gasteiger partial charge >= 0.3 is 0 Å². The van der Waals surface area contributed by atoms with Crippen molar-refractivity contribution in [3.63, 3.8) is 0 Å². The van der Waals surface area contributed by atoms with Crippen molar-refractivity contribution in [2.24, 2.45) is 5.73 Å². The number of aryl methyl sites for hydroxylation is 2. The molecule has 0 heterocycles. The number of ether oxygens (including phenoxy) is 1. The molecule has 16 heavy (non-hydrogen) atoms. The van der Waals surface area contributed by atoms with Crippen molar-refractivity contribution in [3.8, 4) is 5.75 Å². The topological polar surface area (TPSA) is 64.3 Å². The molecule has 1 aromatic rings. The molecule has 0 unspecified atom stereocenters. The molecule has 0 radical (unpaired) electrons. The van der Waals surface area contributed by atoms with E-state index in [1.165, 1.54) is 0 Å². The van der Waals surface area contributed by atoms with Crippen molar-refractivity contribution < 1.29 is 9.53 Å². The van der Waals surface area contributed by atoms with E-state index in [0.717, 1.165) is 16.9 Å². The van der Waals surface area contributed by atoms with Crippen LogP contribution in [0, 0.1) is 13.8 Å². The normalized spacial score (nSPS) is 9.94. The number of hydrogen-bond donors (Lipinski definition) is 2. The lowest BCUT2D eigenvalue weighted by Gasteiger charge is -2.12. The Bertz CT molecular complexity index is 344. The lowest BCUT2D eigenvalue weighted by molar-refractivity contribution is -0.119. The standard InChI is InChI=1S/C12H18N2O2/c1-9-4-3-5-10(2)12(9)16-7-6-14-11(15)8-13/h3-5H,6-8,13H2,1-2H3,(H,14,15). The second-order valence-corrected chi connectivity index (χ2v) is 3.62. The van der Waals surface area contributed by atoms with Crippen LogP contribution < -0.4 is 15.8 Å². The number of nitrogens with one attached hydrogen (secondary N) is 1. The summed E-state index contributed by atoms with van der Waals surface area (Å²) in [6.07, 6.45) is 0. The molecule has 0 fully saturated rings. The third-order valence-corrected chi connectivity index (χ3v) is 2.26. The first-order valence-electron chi connectivity index (χ1n) is 5.31. The van der Waals surface area contributed by atoms with E-state index >= 15 is 0 Å². The van der Waals surface area contributed by atoms with Gasteiger partial charge in [0.1, 0.15) is 12.4 Å². The Kier molecular flexibility index (Phi) is 4.79. The van der Waals surface area contributed by atoms with Crippen molar-refractivity contribution in [3.05, 3.63) is 29.3 Å². The summed E-state index contributed by atoms with van der Waals surface area (Å²) in [5, 5.41) is 2.65. The summed E-state index contributed by atoms with van der Waals surface area (Å²) < 4.78 is 5.61. The van der Waals surface area contributed by atoms with E-state index in [4.69, 9.17) is 10.5 Å². The molecule has 1 rings (SSSR count). The molecule has 4 heteroatoms. The highest BCUT2D eigenvalue weighted by Crippen LogP contribution is 2.21. The highest BCUT2D eigenvalue weighted by atomic mass is 16.5. The van der Waals surface area contributed by atoms with Crippen LogP contribution in [0.5, 0.6) is 5.75 Å². The van der Waals surface area contributed by atoms with Crippen LogP contribution in [0.2, 0.25) is 0 Å². The molecule has 1 amide bonds. The summed E-state index contributed by atoms with van der Waals surface area (Å²) in [6, 6.07) is 6.00. The Morgan fingerprint density at radius 1 is 1.38 bits per heavy atom. The Labute approximate surface area is 95.8 Å². The van der Waals surface area contributed by atoms with Crippen molar-refractivity contribution in [1.82, 2.24) is 5.32 Å². The van der Waals surface area contributed by atoms with Crippen LogP contribution in [-0.4, -0.2) is 25.6 Å². The quantitative estimate of drug-likeness (QED) is 0.723. The molecule has 0 aromatic heterocycles. The fourth-order valence-corrected chi connectivity index (χ4v) is 1.44. The average Bonchev–Trinajstić information content (AvgIpc) is 2.27. The van der Waals surface area contributed by atoms with Crippen molar-refractivity contribution in [2.75, 3.05) is 19.7 Å². The zero-order valence-electron chi connectivity index (χ0n) is 9.75. The van der Waals surface area contributed by atoms with Gasteiger partial charge in [-0.25, -0.2) is 0 Å². The van der Waals surface area contributed by atoms with E-state index in [2.05, 4.69) is 5.32 Å². The zero-order chi connectivity index (χ0) is 12.0. The molecular formula is C12H18N2O2. The van der Waals surface area contributed by atoms with Gasteiger partial charge in [0.15, 0.2) is 0 Å². The fourth-order valence-electron chi connectivity index (χ4n) is 1.44. The van der Waals surface area contributed by atoms with Crippen molar-refractivity contribution in [1.29, 1.82) is 0 Å². The predicted molar refractivity (Wildman–Crippen MR) is 63.5 cm³/mol. The van der Waals surface area contributed by atoms with E-state index < -0.39 is 0 Å². The number of rotatable bonds is 5. The lowest BCUT2D eigenvalue weighted by atomic mass is 10.1. The second kappa shape index (κ2) is 6.12. The molecular weight excluding hydrogens is 204 g/mol. The fraction of sp³-hybridized carbons (Fsp3) is 0.417. The minimum absolute atomic E-state index is 0.0173. The van der Waals surface area contributed by atoms with Crippen LogP contribution in [-0.2, 0) is 4.79 Å². The molecule has 0 saturated carbocycles. The number of nitrogens with two attached hydrogens (primary N) is 1. The molecule has 88 valence electrons. The van der Waals surface area contributed by atoms with Crippen molar-refractivity contribution in [2.45, 2.75) is 13.8 Å². The maximum Gasteiger partial charge on any atom is 0.233 e. The largest absolute Gasteiger partial charge is 0.491 e. The number of para-hydroxylation sites is 1.